The van der Waals surface area contributed by atoms with Gasteiger partial charge in [-0.2, -0.15) is 30.6 Å². The number of thiazole rings is 1. The Kier molecular flexibility index (Phi) is 7.89. The monoisotopic (exact) mass is 601 g/mol. The van der Waals surface area contributed by atoms with Crippen molar-refractivity contribution in [2.75, 3.05) is 18.4 Å². The number of benzene rings is 2. The molecule has 3 aromatic rings. The Morgan fingerprint density at radius 1 is 0.886 bits per heavy atom. The number of alkyl halides is 6. The van der Waals surface area contributed by atoms with Crippen molar-refractivity contribution in [1.29, 1.82) is 0 Å². The van der Waals surface area contributed by atoms with Gasteiger partial charge >= 0.3 is 12.4 Å². The van der Waals surface area contributed by atoms with Crippen LogP contribution in [0.4, 0.5) is 37.2 Å². The fraction of sp³-hybridized carbons (Fsp3) is 0.286. The van der Waals surface area contributed by atoms with E-state index in [9.17, 15) is 34.8 Å². The summed E-state index contributed by atoms with van der Waals surface area (Å²) >= 11 is 0.985. The predicted octanol–water partition coefficient (Wildman–Crippen LogP) is 6.95. The van der Waals surface area contributed by atoms with Gasteiger partial charge in [-0.25, -0.2) is 13.4 Å². The lowest BCUT2D eigenvalue weighted by Crippen LogP contribution is -2.27. The number of rotatable bonds is 5. The highest BCUT2D eigenvalue weighted by Crippen LogP contribution is 2.38. The number of hydrogen-bond donors (Lipinski definition) is 1. The first-order valence-corrected chi connectivity index (χ1v) is 12.3. The van der Waals surface area contributed by atoms with Crippen LogP contribution in [-0.4, -0.2) is 30.8 Å². The molecule has 0 saturated carbocycles. The highest BCUT2D eigenvalue weighted by Gasteiger charge is 2.37. The maximum Gasteiger partial charge on any atom is 0.416 e. The normalized spacial score (nSPS) is 15.1. The van der Waals surface area contributed by atoms with Crippen LogP contribution in [0.5, 0.6) is 0 Å². The van der Waals surface area contributed by atoms with Gasteiger partial charge < -0.3 is 5.32 Å². The van der Waals surface area contributed by atoms with Gasteiger partial charge in [-0.3, -0.25) is 0 Å². The van der Waals surface area contributed by atoms with Crippen LogP contribution in [0.2, 0.25) is 0 Å². The zero-order chi connectivity index (χ0) is 24.7. The Bertz CT molecular complexity index is 1250. The van der Waals surface area contributed by atoms with E-state index in [0.717, 1.165) is 24.2 Å². The second-order valence-corrected chi connectivity index (χ2v) is 10.4. The molecule has 4 rings (SSSR count). The quantitative estimate of drug-likeness (QED) is 0.321. The Balaban J connectivity index is 0.00000342. The SMILES string of the molecule is Br.O=S(=O)(c1ccc(-c2csc(Nc3cc(C(F)(F)F)cc(C(F)(F)F)c3)n2)cc1)N1CCCC1. The van der Waals surface area contributed by atoms with E-state index >= 15 is 0 Å². The van der Waals surface area contributed by atoms with Crippen LogP contribution in [0.3, 0.4) is 0 Å². The molecule has 0 aliphatic carbocycles. The highest BCUT2D eigenvalue weighted by molar-refractivity contribution is 8.93. The Labute approximate surface area is 211 Å². The largest absolute Gasteiger partial charge is 0.416 e. The van der Waals surface area contributed by atoms with Gasteiger partial charge in [0.15, 0.2) is 5.13 Å². The lowest BCUT2D eigenvalue weighted by Gasteiger charge is -2.15. The fourth-order valence-electron chi connectivity index (χ4n) is 3.49. The molecule has 5 nitrogen and oxygen atoms in total. The Morgan fingerprint density at radius 3 is 1.94 bits per heavy atom. The third-order valence-corrected chi connectivity index (χ3v) is 7.87. The van der Waals surface area contributed by atoms with Crippen molar-refractivity contribution in [1.82, 2.24) is 9.29 Å². The second-order valence-electron chi connectivity index (χ2n) is 7.59. The van der Waals surface area contributed by atoms with Crippen LogP contribution in [0.15, 0.2) is 52.7 Å². The predicted molar refractivity (Wildman–Crippen MR) is 126 cm³/mol. The summed E-state index contributed by atoms with van der Waals surface area (Å²) in [5, 5.41) is 4.14. The molecule has 0 spiro atoms. The van der Waals surface area contributed by atoms with Crippen LogP contribution in [0.1, 0.15) is 24.0 Å². The highest BCUT2D eigenvalue weighted by atomic mass is 79.9. The fourth-order valence-corrected chi connectivity index (χ4v) is 5.75. The summed E-state index contributed by atoms with van der Waals surface area (Å²) < 4.78 is 105. The molecule has 0 atom stereocenters. The average Bonchev–Trinajstić information content (AvgIpc) is 3.45. The minimum Gasteiger partial charge on any atom is -0.332 e. The van der Waals surface area contributed by atoms with Gasteiger partial charge in [-0.05, 0) is 43.2 Å². The molecule has 190 valence electrons. The zero-order valence-electron chi connectivity index (χ0n) is 17.7. The van der Waals surface area contributed by atoms with Gasteiger partial charge in [-0.1, -0.05) is 12.1 Å². The van der Waals surface area contributed by atoms with E-state index in [2.05, 4.69) is 10.3 Å². The molecule has 1 fully saturated rings. The molecule has 1 N–H and O–H groups in total. The van der Waals surface area contributed by atoms with E-state index < -0.39 is 39.2 Å². The third kappa shape index (κ3) is 6.16. The smallest absolute Gasteiger partial charge is 0.332 e. The Morgan fingerprint density at radius 2 is 1.43 bits per heavy atom. The van der Waals surface area contributed by atoms with Crippen molar-refractivity contribution in [3.8, 4) is 11.3 Å². The topological polar surface area (TPSA) is 62.3 Å². The first kappa shape index (κ1) is 27.4. The molecule has 0 unspecified atom stereocenters. The van der Waals surface area contributed by atoms with E-state index in [1.54, 1.807) is 17.5 Å². The number of anilines is 2. The zero-order valence-corrected chi connectivity index (χ0v) is 21.0. The summed E-state index contributed by atoms with van der Waals surface area (Å²) in [5.74, 6) is 0. The lowest BCUT2D eigenvalue weighted by molar-refractivity contribution is -0.143. The van der Waals surface area contributed by atoms with E-state index in [1.165, 1.54) is 16.4 Å². The summed E-state index contributed by atoms with van der Waals surface area (Å²) in [6, 6.07) is 7.19. The van der Waals surface area contributed by atoms with Crippen LogP contribution >= 0.6 is 28.3 Å². The van der Waals surface area contributed by atoms with Crippen molar-refractivity contribution in [3.63, 3.8) is 0 Å². The van der Waals surface area contributed by atoms with Crippen molar-refractivity contribution in [2.45, 2.75) is 30.1 Å². The number of sulfonamides is 1. The molecule has 35 heavy (non-hydrogen) atoms. The standard InChI is InChI=1S/C21H17F6N3O2S2.BrH/c22-20(23,24)14-9-15(21(25,26)27)11-16(10-14)28-19-29-18(12-33-19)13-3-5-17(6-4-13)34(31,32)30-7-1-2-8-30;/h3-6,9-12H,1-2,7-8H2,(H,28,29);1H. The molecule has 14 heteroatoms. The molecule has 2 heterocycles. The summed E-state index contributed by atoms with van der Waals surface area (Å²) in [6.07, 6.45) is -8.30. The molecular formula is C21H18BrF6N3O2S2. The second kappa shape index (κ2) is 10.1. The van der Waals surface area contributed by atoms with Gasteiger partial charge in [-0.15, -0.1) is 28.3 Å². The summed E-state index contributed by atoms with van der Waals surface area (Å²) in [7, 11) is -3.59. The van der Waals surface area contributed by atoms with Crippen LogP contribution in [-0.2, 0) is 22.4 Å². The summed E-state index contributed by atoms with van der Waals surface area (Å²) in [6.45, 7) is 0.938. The van der Waals surface area contributed by atoms with Crippen LogP contribution in [0, 0.1) is 0 Å². The molecule has 1 aromatic heterocycles. The molecule has 0 radical (unpaired) electrons. The van der Waals surface area contributed by atoms with E-state index in [4.69, 9.17) is 0 Å². The minimum absolute atomic E-state index is 0. The average molecular weight is 602 g/mol. The lowest BCUT2D eigenvalue weighted by atomic mass is 10.1. The van der Waals surface area contributed by atoms with Crippen molar-refractivity contribution in [3.05, 3.63) is 59.0 Å². The van der Waals surface area contributed by atoms with Crippen LogP contribution < -0.4 is 5.32 Å². The van der Waals surface area contributed by atoms with Crippen molar-refractivity contribution >= 4 is 49.2 Å². The molecule has 0 bridgehead atoms. The minimum atomic E-state index is -4.96. The van der Waals surface area contributed by atoms with Crippen molar-refractivity contribution < 1.29 is 34.8 Å². The number of hydrogen-bond acceptors (Lipinski definition) is 5. The maximum atomic E-state index is 13.1. The van der Waals surface area contributed by atoms with Gasteiger partial charge in [0.2, 0.25) is 10.0 Å². The summed E-state index contributed by atoms with van der Waals surface area (Å²) in [4.78, 5) is 4.35. The molecule has 1 saturated heterocycles. The number of halogens is 7. The van der Waals surface area contributed by atoms with Gasteiger partial charge in [0.1, 0.15) is 0 Å². The molecule has 1 aliphatic rings. The molecule has 1 aliphatic heterocycles. The summed E-state index contributed by atoms with van der Waals surface area (Å²) in [5.41, 5.74) is -2.34. The van der Waals surface area contributed by atoms with E-state index in [1.807, 2.05) is 0 Å². The van der Waals surface area contributed by atoms with Gasteiger partial charge in [0.25, 0.3) is 0 Å². The molecule has 2 aromatic carbocycles. The van der Waals surface area contributed by atoms with E-state index in [0.29, 0.717) is 36.5 Å². The third-order valence-electron chi connectivity index (χ3n) is 5.20. The number of aromatic nitrogens is 1. The van der Waals surface area contributed by atoms with Crippen molar-refractivity contribution in [2.24, 2.45) is 0 Å². The first-order valence-electron chi connectivity index (χ1n) is 9.97. The number of nitrogens with one attached hydrogen (secondary N) is 1. The first-order chi connectivity index (χ1) is 15.8. The van der Waals surface area contributed by atoms with Crippen LogP contribution in [0.25, 0.3) is 11.3 Å². The number of nitrogens with zero attached hydrogens (tertiary/aromatic N) is 2. The molecular weight excluding hydrogens is 584 g/mol. The van der Waals surface area contributed by atoms with Gasteiger partial charge in [0, 0.05) is 29.7 Å². The van der Waals surface area contributed by atoms with Gasteiger partial charge in [0.05, 0.1) is 21.7 Å². The maximum absolute atomic E-state index is 13.1. The Hall–Kier alpha value is -2.16. The van der Waals surface area contributed by atoms with E-state index in [-0.39, 0.29) is 33.1 Å². The molecule has 0 amide bonds.